The number of nitrogens with zero attached hydrogens (tertiary/aromatic N) is 1. The van der Waals surface area contributed by atoms with Gasteiger partial charge in [-0.15, -0.1) is 0 Å². The van der Waals surface area contributed by atoms with Crippen molar-refractivity contribution < 1.29 is 17.9 Å². The zero-order chi connectivity index (χ0) is 25.8. The third-order valence-corrected chi connectivity index (χ3v) is 8.17. The first kappa shape index (κ1) is 25.0. The van der Waals surface area contributed by atoms with Crippen LogP contribution in [0, 0.1) is 0 Å². The number of hydrogen-bond donors (Lipinski definition) is 2. The van der Waals surface area contributed by atoms with Gasteiger partial charge in [0.25, 0.3) is 15.9 Å². The van der Waals surface area contributed by atoms with E-state index < -0.39 is 10.0 Å². The highest BCUT2D eigenvalue weighted by Gasteiger charge is 2.26. The van der Waals surface area contributed by atoms with Crippen molar-refractivity contribution in [2.75, 3.05) is 31.0 Å². The fraction of sp³-hybridized carbons (Fsp3) is 0.276. The molecule has 1 aromatic heterocycles. The number of amides is 1. The van der Waals surface area contributed by atoms with E-state index in [1.165, 1.54) is 0 Å². The molecule has 5 rings (SSSR count). The van der Waals surface area contributed by atoms with Crippen molar-refractivity contribution in [3.63, 3.8) is 0 Å². The summed E-state index contributed by atoms with van der Waals surface area (Å²) in [5, 5.41) is 0.780. The normalized spacial score (nSPS) is 14.1. The number of hydrogen-bond acceptors (Lipinski definition) is 4. The van der Waals surface area contributed by atoms with Crippen LogP contribution in [0.4, 0.5) is 5.69 Å². The summed E-state index contributed by atoms with van der Waals surface area (Å²) in [4.78, 5) is 18.9. The fourth-order valence-corrected chi connectivity index (χ4v) is 6.12. The standard InChI is InChI=1S/C29H31N3O4S/c1-2-3-9-21-10-7-8-13-26(21)37(34,35)31-23-14-15-25-24(20-23)27(22-11-5-4-6-12-22)28(30-25)29(33)32-16-18-36-19-17-32/h4-8,10-15,20,30-31H,2-3,9,16-19H2,1H3. The van der Waals surface area contributed by atoms with Crippen molar-refractivity contribution >= 4 is 32.5 Å². The molecule has 0 spiro atoms. The summed E-state index contributed by atoms with van der Waals surface area (Å²) in [5.74, 6) is -0.0923. The van der Waals surface area contributed by atoms with E-state index in [9.17, 15) is 13.2 Å². The van der Waals surface area contributed by atoms with Crippen molar-refractivity contribution in [2.45, 2.75) is 31.1 Å². The van der Waals surface area contributed by atoms with E-state index in [1.807, 2.05) is 48.5 Å². The summed E-state index contributed by atoms with van der Waals surface area (Å²) in [6, 6.07) is 22.2. The molecule has 0 radical (unpaired) electrons. The van der Waals surface area contributed by atoms with Gasteiger partial charge in [-0.3, -0.25) is 9.52 Å². The lowest BCUT2D eigenvalue weighted by atomic mass is 10.0. The van der Waals surface area contributed by atoms with Gasteiger partial charge in [0.05, 0.1) is 18.1 Å². The summed E-state index contributed by atoms with van der Waals surface area (Å²) in [7, 11) is -3.80. The Morgan fingerprint density at radius 3 is 2.49 bits per heavy atom. The van der Waals surface area contributed by atoms with Gasteiger partial charge in [-0.1, -0.05) is 61.9 Å². The van der Waals surface area contributed by atoms with Crippen molar-refractivity contribution in [2.24, 2.45) is 0 Å². The van der Waals surface area contributed by atoms with Gasteiger partial charge in [-0.2, -0.15) is 0 Å². The van der Waals surface area contributed by atoms with Crippen LogP contribution in [-0.4, -0.2) is 50.5 Å². The Bertz CT molecular complexity index is 1510. The minimum Gasteiger partial charge on any atom is -0.378 e. The number of carbonyl (C=O) groups is 1. The Hall–Kier alpha value is -3.62. The first-order valence-electron chi connectivity index (χ1n) is 12.7. The molecule has 8 heteroatoms. The Labute approximate surface area is 217 Å². The largest absolute Gasteiger partial charge is 0.378 e. The van der Waals surface area contributed by atoms with Gasteiger partial charge >= 0.3 is 0 Å². The third-order valence-electron chi connectivity index (χ3n) is 6.69. The molecular formula is C29H31N3O4S. The summed E-state index contributed by atoms with van der Waals surface area (Å²) in [6.07, 6.45) is 2.61. The molecule has 2 heterocycles. The zero-order valence-corrected chi connectivity index (χ0v) is 21.7. The lowest BCUT2D eigenvalue weighted by molar-refractivity contribution is 0.0300. The third kappa shape index (κ3) is 5.26. The number of rotatable bonds is 8. The van der Waals surface area contributed by atoms with Gasteiger partial charge in [0, 0.05) is 35.2 Å². The number of fused-ring (bicyclic) bond motifs is 1. The Morgan fingerprint density at radius 1 is 1.00 bits per heavy atom. The molecule has 7 nitrogen and oxygen atoms in total. The van der Waals surface area contributed by atoms with Crippen LogP contribution in [0.2, 0.25) is 0 Å². The van der Waals surface area contributed by atoms with E-state index in [0.29, 0.717) is 49.0 Å². The van der Waals surface area contributed by atoms with Crippen LogP contribution >= 0.6 is 0 Å². The van der Waals surface area contributed by atoms with Gasteiger partial charge < -0.3 is 14.6 Å². The second-order valence-corrected chi connectivity index (χ2v) is 10.9. The second-order valence-electron chi connectivity index (χ2n) is 9.22. The number of aromatic nitrogens is 1. The topological polar surface area (TPSA) is 91.5 Å². The molecular weight excluding hydrogens is 486 g/mol. The van der Waals surface area contributed by atoms with E-state index in [4.69, 9.17) is 4.74 Å². The number of carbonyl (C=O) groups excluding carboxylic acids is 1. The molecule has 3 aromatic carbocycles. The van der Waals surface area contributed by atoms with Crippen LogP contribution in [-0.2, 0) is 21.2 Å². The SMILES string of the molecule is CCCCc1ccccc1S(=O)(=O)Nc1ccc2[nH]c(C(=O)N3CCOCC3)c(-c3ccccc3)c2c1. The first-order chi connectivity index (χ1) is 18.0. The molecule has 0 unspecified atom stereocenters. The van der Waals surface area contributed by atoms with Crippen LogP contribution < -0.4 is 4.72 Å². The Balaban J connectivity index is 1.56. The number of sulfonamides is 1. The summed E-state index contributed by atoms with van der Waals surface area (Å²) in [5.41, 5.74) is 4.16. The van der Waals surface area contributed by atoms with Crippen LogP contribution in [0.3, 0.4) is 0 Å². The highest BCUT2D eigenvalue weighted by molar-refractivity contribution is 7.92. The number of aromatic amines is 1. The van der Waals surface area contributed by atoms with Crippen LogP contribution in [0.25, 0.3) is 22.0 Å². The number of benzene rings is 3. The minimum absolute atomic E-state index is 0.0923. The number of unbranched alkanes of at least 4 members (excludes halogenated alkanes) is 1. The average Bonchev–Trinajstić information content (AvgIpc) is 3.31. The predicted octanol–water partition coefficient (Wildman–Crippen LogP) is 5.45. The molecule has 0 saturated carbocycles. The number of anilines is 1. The molecule has 1 amide bonds. The van der Waals surface area contributed by atoms with Gasteiger partial charge in [-0.05, 0) is 48.2 Å². The number of H-pyrrole nitrogens is 1. The fourth-order valence-electron chi connectivity index (χ4n) is 4.79. The number of aryl methyl sites for hydroxylation is 1. The number of ether oxygens (including phenoxy) is 1. The first-order valence-corrected chi connectivity index (χ1v) is 14.1. The van der Waals surface area contributed by atoms with E-state index in [0.717, 1.165) is 40.4 Å². The Kier molecular flexibility index (Phi) is 7.30. The van der Waals surface area contributed by atoms with Gasteiger partial charge in [0.15, 0.2) is 0 Å². The minimum atomic E-state index is -3.80. The molecule has 1 fully saturated rings. The number of morpholine rings is 1. The summed E-state index contributed by atoms with van der Waals surface area (Å²) >= 11 is 0. The maximum atomic E-state index is 13.5. The lowest BCUT2D eigenvalue weighted by Crippen LogP contribution is -2.41. The zero-order valence-electron chi connectivity index (χ0n) is 20.9. The summed E-state index contributed by atoms with van der Waals surface area (Å²) < 4.78 is 35.0. The monoisotopic (exact) mass is 517 g/mol. The van der Waals surface area contributed by atoms with E-state index in [2.05, 4.69) is 16.6 Å². The highest BCUT2D eigenvalue weighted by Crippen LogP contribution is 2.35. The molecule has 4 aromatic rings. The Morgan fingerprint density at radius 2 is 1.73 bits per heavy atom. The molecule has 192 valence electrons. The van der Waals surface area contributed by atoms with Crippen molar-refractivity contribution in [1.29, 1.82) is 0 Å². The molecule has 1 aliphatic heterocycles. The molecule has 0 aliphatic carbocycles. The van der Waals surface area contributed by atoms with Crippen LogP contribution in [0.1, 0.15) is 35.8 Å². The average molecular weight is 518 g/mol. The van der Waals surface area contributed by atoms with Gasteiger partial charge in [-0.25, -0.2) is 8.42 Å². The summed E-state index contributed by atoms with van der Waals surface area (Å²) in [6.45, 7) is 4.18. The molecule has 0 bridgehead atoms. The molecule has 1 aliphatic rings. The molecule has 1 saturated heterocycles. The maximum absolute atomic E-state index is 13.5. The molecule has 2 N–H and O–H groups in total. The predicted molar refractivity (Wildman–Crippen MR) is 146 cm³/mol. The lowest BCUT2D eigenvalue weighted by Gasteiger charge is -2.26. The van der Waals surface area contributed by atoms with Gasteiger partial charge in [0.1, 0.15) is 5.69 Å². The van der Waals surface area contributed by atoms with E-state index in [-0.39, 0.29) is 5.91 Å². The van der Waals surface area contributed by atoms with Gasteiger partial charge in [0.2, 0.25) is 0 Å². The van der Waals surface area contributed by atoms with Crippen molar-refractivity contribution in [3.05, 3.63) is 84.1 Å². The molecule has 37 heavy (non-hydrogen) atoms. The van der Waals surface area contributed by atoms with Crippen molar-refractivity contribution in [3.8, 4) is 11.1 Å². The highest BCUT2D eigenvalue weighted by atomic mass is 32.2. The smallest absolute Gasteiger partial charge is 0.271 e. The molecule has 0 atom stereocenters. The van der Waals surface area contributed by atoms with Crippen molar-refractivity contribution in [1.82, 2.24) is 9.88 Å². The number of nitrogens with one attached hydrogen (secondary N) is 2. The van der Waals surface area contributed by atoms with E-state index >= 15 is 0 Å². The van der Waals surface area contributed by atoms with Crippen LogP contribution in [0.15, 0.2) is 77.7 Å². The van der Waals surface area contributed by atoms with Crippen LogP contribution in [0.5, 0.6) is 0 Å². The van der Waals surface area contributed by atoms with E-state index in [1.54, 1.807) is 29.2 Å². The second kappa shape index (κ2) is 10.8. The maximum Gasteiger partial charge on any atom is 0.271 e. The quantitative estimate of drug-likeness (QED) is 0.325.